The Bertz CT molecular complexity index is 404. The van der Waals surface area contributed by atoms with E-state index in [1.165, 1.54) is 12.1 Å². The summed E-state index contributed by atoms with van der Waals surface area (Å²) in [6, 6.07) is 4.39. The monoisotopic (exact) mass is 209 g/mol. The first-order valence-corrected chi connectivity index (χ1v) is 4.28. The minimum absolute atomic E-state index is 0.0208. The van der Waals surface area contributed by atoms with Gasteiger partial charge in [-0.1, -0.05) is 6.07 Å². The Hall–Kier alpha value is -2.11. The van der Waals surface area contributed by atoms with E-state index in [-0.39, 0.29) is 12.2 Å². The second-order valence-electron chi connectivity index (χ2n) is 3.08. The van der Waals surface area contributed by atoms with Crippen molar-refractivity contribution in [2.45, 2.75) is 6.92 Å². The van der Waals surface area contributed by atoms with Crippen molar-refractivity contribution in [2.75, 3.05) is 11.9 Å². The largest absolute Gasteiger partial charge is 0.376 e. The molecule has 1 aromatic rings. The number of benzene rings is 1. The SMILES string of the molecule is Cc1ccc([N+](=O)[O-])cc1NCC(N)=O. The molecule has 1 rings (SSSR count). The van der Waals surface area contributed by atoms with Crippen LogP contribution < -0.4 is 11.1 Å². The lowest BCUT2D eigenvalue weighted by Crippen LogP contribution is -2.22. The number of nitro groups is 1. The van der Waals surface area contributed by atoms with E-state index in [4.69, 9.17) is 5.73 Å². The maximum absolute atomic E-state index is 10.5. The second kappa shape index (κ2) is 4.41. The van der Waals surface area contributed by atoms with E-state index in [1.807, 2.05) is 0 Å². The molecule has 0 aliphatic carbocycles. The molecule has 1 amide bonds. The molecule has 0 atom stereocenters. The number of amides is 1. The van der Waals surface area contributed by atoms with E-state index in [9.17, 15) is 14.9 Å². The van der Waals surface area contributed by atoms with Crippen LogP contribution in [0.1, 0.15) is 5.56 Å². The van der Waals surface area contributed by atoms with Crippen LogP contribution in [0.4, 0.5) is 11.4 Å². The van der Waals surface area contributed by atoms with Gasteiger partial charge in [0.05, 0.1) is 11.5 Å². The predicted molar refractivity (Wildman–Crippen MR) is 55.5 cm³/mol. The number of carbonyl (C=O) groups excluding carboxylic acids is 1. The predicted octanol–water partition coefficient (Wildman–Crippen LogP) is 0.800. The lowest BCUT2D eigenvalue weighted by Gasteiger charge is -2.06. The van der Waals surface area contributed by atoms with Crippen LogP contribution in [0.15, 0.2) is 18.2 Å². The van der Waals surface area contributed by atoms with Crippen LogP contribution in [0.25, 0.3) is 0 Å². The van der Waals surface area contributed by atoms with Crippen LogP contribution >= 0.6 is 0 Å². The Morgan fingerprint density at radius 2 is 2.27 bits per heavy atom. The number of primary amides is 1. The molecule has 0 aromatic heterocycles. The van der Waals surface area contributed by atoms with Gasteiger partial charge in [-0.25, -0.2) is 0 Å². The van der Waals surface area contributed by atoms with E-state index in [1.54, 1.807) is 13.0 Å². The lowest BCUT2D eigenvalue weighted by atomic mass is 10.2. The second-order valence-corrected chi connectivity index (χ2v) is 3.08. The summed E-state index contributed by atoms with van der Waals surface area (Å²) < 4.78 is 0. The van der Waals surface area contributed by atoms with Gasteiger partial charge in [-0.05, 0) is 12.5 Å². The zero-order chi connectivity index (χ0) is 11.4. The first-order valence-electron chi connectivity index (χ1n) is 4.28. The van der Waals surface area contributed by atoms with Crippen LogP contribution in [-0.2, 0) is 4.79 Å². The summed E-state index contributed by atoms with van der Waals surface area (Å²) in [5, 5.41) is 13.2. The molecular weight excluding hydrogens is 198 g/mol. The van der Waals surface area contributed by atoms with E-state index < -0.39 is 10.8 Å². The van der Waals surface area contributed by atoms with Crippen LogP contribution in [-0.4, -0.2) is 17.4 Å². The zero-order valence-corrected chi connectivity index (χ0v) is 8.19. The molecule has 0 aliphatic heterocycles. The van der Waals surface area contributed by atoms with Crippen molar-refractivity contribution in [3.8, 4) is 0 Å². The van der Waals surface area contributed by atoms with Crippen molar-refractivity contribution in [2.24, 2.45) is 5.73 Å². The highest BCUT2D eigenvalue weighted by Gasteiger charge is 2.08. The Morgan fingerprint density at radius 1 is 1.60 bits per heavy atom. The van der Waals surface area contributed by atoms with Crippen molar-refractivity contribution < 1.29 is 9.72 Å². The molecule has 0 unspecified atom stereocenters. The van der Waals surface area contributed by atoms with Gasteiger partial charge in [0.1, 0.15) is 0 Å². The van der Waals surface area contributed by atoms with E-state index in [2.05, 4.69) is 5.32 Å². The van der Waals surface area contributed by atoms with Crippen molar-refractivity contribution in [1.29, 1.82) is 0 Å². The minimum atomic E-state index is -0.513. The van der Waals surface area contributed by atoms with Gasteiger partial charge in [0.2, 0.25) is 5.91 Å². The van der Waals surface area contributed by atoms with Crippen LogP contribution in [0, 0.1) is 17.0 Å². The number of nitrogens with zero attached hydrogens (tertiary/aromatic N) is 1. The van der Waals surface area contributed by atoms with Gasteiger partial charge in [-0.15, -0.1) is 0 Å². The molecule has 3 N–H and O–H groups in total. The maximum atomic E-state index is 10.5. The molecule has 0 radical (unpaired) electrons. The summed E-state index contributed by atoms with van der Waals surface area (Å²) in [6.07, 6.45) is 0. The number of anilines is 1. The zero-order valence-electron chi connectivity index (χ0n) is 8.19. The summed E-state index contributed by atoms with van der Waals surface area (Å²) in [6.45, 7) is 1.75. The average Bonchev–Trinajstić information content (AvgIpc) is 2.16. The van der Waals surface area contributed by atoms with E-state index in [0.717, 1.165) is 5.56 Å². The van der Waals surface area contributed by atoms with Gasteiger partial charge >= 0.3 is 0 Å². The maximum Gasteiger partial charge on any atom is 0.271 e. The van der Waals surface area contributed by atoms with Crippen molar-refractivity contribution in [1.82, 2.24) is 0 Å². The standard InChI is InChI=1S/C9H11N3O3/c1-6-2-3-7(12(14)15)4-8(6)11-5-9(10)13/h2-4,11H,5H2,1H3,(H2,10,13). The molecule has 0 spiro atoms. The molecule has 80 valence electrons. The fourth-order valence-corrected chi connectivity index (χ4v) is 1.10. The molecule has 15 heavy (non-hydrogen) atoms. The van der Waals surface area contributed by atoms with Crippen LogP contribution in [0.2, 0.25) is 0 Å². The van der Waals surface area contributed by atoms with Crippen LogP contribution in [0.3, 0.4) is 0 Å². The Labute approximate surface area is 86.2 Å². The Kier molecular flexibility index (Phi) is 3.22. The molecule has 1 aromatic carbocycles. The number of nitrogens with two attached hydrogens (primary N) is 1. The average molecular weight is 209 g/mol. The highest BCUT2D eigenvalue weighted by molar-refractivity contribution is 5.79. The van der Waals surface area contributed by atoms with Gasteiger partial charge in [0, 0.05) is 17.8 Å². The summed E-state index contributed by atoms with van der Waals surface area (Å²) in [7, 11) is 0. The number of hydrogen-bond donors (Lipinski definition) is 2. The summed E-state index contributed by atoms with van der Waals surface area (Å²) in [4.78, 5) is 20.5. The molecule has 0 bridgehead atoms. The summed E-state index contributed by atoms with van der Waals surface area (Å²) in [5.41, 5.74) is 6.30. The van der Waals surface area contributed by atoms with E-state index >= 15 is 0 Å². The number of non-ortho nitro benzene ring substituents is 1. The van der Waals surface area contributed by atoms with E-state index in [0.29, 0.717) is 5.69 Å². The topological polar surface area (TPSA) is 98.3 Å². The fourth-order valence-electron chi connectivity index (χ4n) is 1.10. The number of carbonyl (C=O) groups is 1. The minimum Gasteiger partial charge on any atom is -0.376 e. The van der Waals surface area contributed by atoms with Crippen LogP contribution in [0.5, 0.6) is 0 Å². The number of aryl methyl sites for hydroxylation is 1. The van der Waals surface area contributed by atoms with Gasteiger partial charge in [0.25, 0.3) is 5.69 Å². The summed E-state index contributed by atoms with van der Waals surface area (Å²) >= 11 is 0. The Balaban J connectivity index is 2.90. The molecule has 6 heteroatoms. The van der Waals surface area contributed by atoms with Crippen molar-refractivity contribution in [3.63, 3.8) is 0 Å². The molecular formula is C9H11N3O3. The first-order chi connectivity index (χ1) is 7.00. The molecule has 0 fully saturated rings. The number of nitro benzene ring substituents is 1. The van der Waals surface area contributed by atoms with Gasteiger partial charge in [-0.3, -0.25) is 14.9 Å². The molecule has 0 saturated heterocycles. The number of hydrogen-bond acceptors (Lipinski definition) is 4. The molecule has 0 aliphatic rings. The highest BCUT2D eigenvalue weighted by Crippen LogP contribution is 2.21. The number of rotatable bonds is 4. The first kappa shape index (κ1) is 11.0. The molecule has 0 saturated carbocycles. The normalized spacial score (nSPS) is 9.67. The fraction of sp³-hybridized carbons (Fsp3) is 0.222. The third-order valence-corrected chi connectivity index (χ3v) is 1.89. The van der Waals surface area contributed by atoms with Gasteiger partial charge in [0.15, 0.2) is 0 Å². The van der Waals surface area contributed by atoms with Crippen molar-refractivity contribution >= 4 is 17.3 Å². The lowest BCUT2D eigenvalue weighted by molar-refractivity contribution is -0.384. The highest BCUT2D eigenvalue weighted by atomic mass is 16.6. The Morgan fingerprint density at radius 3 is 2.80 bits per heavy atom. The summed E-state index contributed by atoms with van der Waals surface area (Å²) in [5.74, 6) is -0.513. The molecule has 6 nitrogen and oxygen atoms in total. The van der Waals surface area contributed by atoms with Gasteiger partial charge < -0.3 is 11.1 Å². The molecule has 0 heterocycles. The third kappa shape index (κ3) is 2.94. The smallest absolute Gasteiger partial charge is 0.271 e. The quantitative estimate of drug-likeness (QED) is 0.566. The third-order valence-electron chi connectivity index (χ3n) is 1.89. The van der Waals surface area contributed by atoms with Crippen molar-refractivity contribution in [3.05, 3.63) is 33.9 Å². The number of nitrogens with one attached hydrogen (secondary N) is 1. The van der Waals surface area contributed by atoms with Gasteiger partial charge in [-0.2, -0.15) is 0 Å².